The second-order valence-corrected chi connectivity index (χ2v) is 4.60. The van der Waals surface area contributed by atoms with Gasteiger partial charge < -0.3 is 4.57 Å². The second kappa shape index (κ2) is 4.87. The topological polar surface area (TPSA) is 61.8 Å². The van der Waals surface area contributed by atoms with Gasteiger partial charge in [-0.05, 0) is 12.5 Å². The zero-order valence-corrected chi connectivity index (χ0v) is 11.7. The van der Waals surface area contributed by atoms with Gasteiger partial charge in [0.1, 0.15) is 5.82 Å². The van der Waals surface area contributed by atoms with Gasteiger partial charge in [-0.15, -0.1) is 0 Å². The van der Waals surface area contributed by atoms with Crippen LogP contribution in [0, 0.1) is 0 Å². The Morgan fingerprint density at radius 1 is 1.11 bits per heavy atom. The Hall–Kier alpha value is -2.11. The lowest BCUT2D eigenvalue weighted by atomic mass is 10.3. The van der Waals surface area contributed by atoms with Crippen molar-refractivity contribution < 1.29 is 0 Å². The molecular formula is C13H18N4O2. The zero-order chi connectivity index (χ0) is 14.2. The summed E-state index contributed by atoms with van der Waals surface area (Å²) in [6.45, 7) is 2.10. The van der Waals surface area contributed by atoms with Crippen LogP contribution < -0.4 is 11.2 Å². The van der Waals surface area contributed by atoms with E-state index in [1.54, 1.807) is 18.7 Å². The van der Waals surface area contributed by atoms with Gasteiger partial charge in [0.05, 0.1) is 0 Å². The van der Waals surface area contributed by atoms with Gasteiger partial charge in [-0.1, -0.05) is 19.4 Å². The van der Waals surface area contributed by atoms with Crippen molar-refractivity contribution in [2.75, 3.05) is 0 Å². The van der Waals surface area contributed by atoms with Crippen molar-refractivity contribution in [2.24, 2.45) is 21.1 Å². The number of nitrogens with zero attached hydrogens (tertiary/aromatic N) is 4. The second-order valence-electron chi connectivity index (χ2n) is 4.60. The van der Waals surface area contributed by atoms with Gasteiger partial charge in [0.25, 0.3) is 5.56 Å². The molecule has 0 unspecified atom stereocenters. The van der Waals surface area contributed by atoms with Crippen LogP contribution in [0.3, 0.4) is 0 Å². The fraction of sp³-hybridized carbons (Fsp3) is 0.462. The van der Waals surface area contributed by atoms with Crippen LogP contribution in [0.5, 0.6) is 0 Å². The third kappa shape index (κ3) is 2.03. The molecule has 0 aromatic carbocycles. The molecule has 102 valence electrons. The lowest BCUT2D eigenvalue weighted by Crippen LogP contribution is -2.37. The number of aromatic nitrogens is 4. The normalized spacial score (nSPS) is 11.8. The summed E-state index contributed by atoms with van der Waals surface area (Å²) >= 11 is 0. The number of allylic oxidation sites excluding steroid dienone is 1. The Labute approximate surface area is 110 Å². The SMILES string of the molecule is CCCC=Cc1nc2c(c(=O)n(C)c(=O)n2C)n1C. The number of hydrogen-bond donors (Lipinski definition) is 0. The number of imidazole rings is 1. The Bertz CT molecular complexity index is 762. The van der Waals surface area contributed by atoms with Crippen LogP contribution in [-0.4, -0.2) is 18.7 Å². The molecule has 0 amide bonds. The zero-order valence-electron chi connectivity index (χ0n) is 11.7. The van der Waals surface area contributed by atoms with Crippen molar-refractivity contribution in [3.05, 3.63) is 32.7 Å². The van der Waals surface area contributed by atoms with E-state index < -0.39 is 0 Å². The molecule has 2 rings (SSSR count). The summed E-state index contributed by atoms with van der Waals surface area (Å²) in [6, 6.07) is 0. The number of fused-ring (bicyclic) bond motifs is 1. The maximum Gasteiger partial charge on any atom is 0.332 e. The highest BCUT2D eigenvalue weighted by molar-refractivity contribution is 5.73. The van der Waals surface area contributed by atoms with E-state index in [1.165, 1.54) is 11.6 Å². The van der Waals surface area contributed by atoms with Gasteiger partial charge in [-0.3, -0.25) is 13.9 Å². The van der Waals surface area contributed by atoms with E-state index in [9.17, 15) is 9.59 Å². The fourth-order valence-electron chi connectivity index (χ4n) is 2.04. The standard InChI is InChI=1S/C13H18N4O2/c1-5-6-7-8-9-14-11-10(15(9)2)12(18)17(4)13(19)16(11)3/h7-8H,5-6H2,1-4H3. The molecule has 6 nitrogen and oxygen atoms in total. The van der Waals surface area contributed by atoms with E-state index in [2.05, 4.69) is 11.9 Å². The summed E-state index contributed by atoms with van der Waals surface area (Å²) < 4.78 is 4.22. The summed E-state index contributed by atoms with van der Waals surface area (Å²) in [5.74, 6) is 0.682. The van der Waals surface area contributed by atoms with Crippen LogP contribution in [0.1, 0.15) is 25.6 Å². The lowest BCUT2D eigenvalue weighted by molar-refractivity contribution is 0.705. The summed E-state index contributed by atoms with van der Waals surface area (Å²) in [5.41, 5.74) is 0.190. The smallest absolute Gasteiger partial charge is 0.322 e. The van der Waals surface area contributed by atoms with E-state index in [0.29, 0.717) is 17.0 Å². The molecule has 0 spiro atoms. The molecule has 2 aromatic rings. The molecule has 0 bridgehead atoms. The van der Waals surface area contributed by atoms with Gasteiger partial charge in [0.15, 0.2) is 11.2 Å². The highest BCUT2D eigenvalue weighted by atomic mass is 16.2. The number of hydrogen-bond acceptors (Lipinski definition) is 3. The first kappa shape index (κ1) is 13.3. The van der Waals surface area contributed by atoms with Crippen LogP contribution in [0.4, 0.5) is 0 Å². The average molecular weight is 262 g/mol. The molecule has 19 heavy (non-hydrogen) atoms. The Kier molecular flexibility index (Phi) is 3.42. The molecule has 0 saturated heterocycles. The maximum atomic E-state index is 12.1. The first-order chi connectivity index (χ1) is 8.99. The third-order valence-corrected chi connectivity index (χ3v) is 3.23. The summed E-state index contributed by atoms with van der Waals surface area (Å²) in [4.78, 5) is 28.3. The van der Waals surface area contributed by atoms with Crippen molar-refractivity contribution in [3.8, 4) is 0 Å². The van der Waals surface area contributed by atoms with E-state index in [1.807, 2.05) is 12.2 Å². The molecule has 0 N–H and O–H groups in total. The van der Waals surface area contributed by atoms with Crippen molar-refractivity contribution >= 4 is 17.2 Å². The molecule has 0 atom stereocenters. The van der Waals surface area contributed by atoms with E-state index in [4.69, 9.17) is 0 Å². The predicted molar refractivity (Wildman–Crippen MR) is 75.1 cm³/mol. The molecule has 0 aliphatic heterocycles. The Morgan fingerprint density at radius 2 is 1.79 bits per heavy atom. The summed E-state index contributed by atoms with van der Waals surface area (Å²) in [5, 5.41) is 0. The van der Waals surface area contributed by atoms with E-state index in [-0.39, 0.29) is 11.2 Å². The fourth-order valence-corrected chi connectivity index (χ4v) is 2.04. The minimum absolute atomic E-state index is 0.316. The molecule has 2 heterocycles. The highest BCUT2D eigenvalue weighted by Crippen LogP contribution is 2.10. The molecule has 0 radical (unpaired) electrons. The maximum absolute atomic E-state index is 12.1. The molecular weight excluding hydrogens is 244 g/mol. The van der Waals surface area contributed by atoms with Crippen LogP contribution in [0.25, 0.3) is 17.2 Å². The van der Waals surface area contributed by atoms with Gasteiger partial charge in [0.2, 0.25) is 0 Å². The number of unbranched alkanes of at least 4 members (excludes halogenated alkanes) is 1. The van der Waals surface area contributed by atoms with Gasteiger partial charge in [-0.2, -0.15) is 0 Å². The molecule has 0 fully saturated rings. The Balaban J connectivity index is 2.77. The van der Waals surface area contributed by atoms with Crippen LogP contribution in [0.15, 0.2) is 15.7 Å². The minimum Gasteiger partial charge on any atom is -0.322 e. The third-order valence-electron chi connectivity index (χ3n) is 3.23. The van der Waals surface area contributed by atoms with Crippen LogP contribution in [-0.2, 0) is 21.1 Å². The number of rotatable bonds is 3. The average Bonchev–Trinajstić information content (AvgIpc) is 2.72. The van der Waals surface area contributed by atoms with Gasteiger partial charge >= 0.3 is 5.69 Å². The molecule has 6 heteroatoms. The quantitative estimate of drug-likeness (QED) is 0.821. The van der Waals surface area contributed by atoms with Gasteiger partial charge in [-0.25, -0.2) is 9.78 Å². The summed E-state index contributed by atoms with van der Waals surface area (Å²) in [6.07, 6.45) is 5.91. The molecule has 0 aliphatic rings. The molecule has 2 aromatic heterocycles. The van der Waals surface area contributed by atoms with E-state index >= 15 is 0 Å². The first-order valence-corrected chi connectivity index (χ1v) is 6.28. The number of aryl methyl sites for hydroxylation is 2. The van der Waals surface area contributed by atoms with Gasteiger partial charge in [0, 0.05) is 21.1 Å². The lowest BCUT2D eigenvalue weighted by Gasteiger charge is -2.02. The van der Waals surface area contributed by atoms with Crippen molar-refractivity contribution in [3.63, 3.8) is 0 Å². The van der Waals surface area contributed by atoms with Crippen molar-refractivity contribution in [1.29, 1.82) is 0 Å². The largest absolute Gasteiger partial charge is 0.332 e. The predicted octanol–water partition coefficient (Wildman–Crippen LogP) is 0.784. The van der Waals surface area contributed by atoms with Crippen LogP contribution >= 0.6 is 0 Å². The molecule has 0 aliphatic carbocycles. The summed E-state index contributed by atoms with van der Waals surface area (Å²) in [7, 11) is 4.88. The van der Waals surface area contributed by atoms with E-state index in [0.717, 1.165) is 17.4 Å². The van der Waals surface area contributed by atoms with Crippen LogP contribution in [0.2, 0.25) is 0 Å². The minimum atomic E-state index is -0.361. The monoisotopic (exact) mass is 262 g/mol. The van der Waals surface area contributed by atoms with Crippen molar-refractivity contribution in [1.82, 2.24) is 18.7 Å². The van der Waals surface area contributed by atoms with Crippen molar-refractivity contribution in [2.45, 2.75) is 19.8 Å². The Morgan fingerprint density at radius 3 is 2.42 bits per heavy atom. The highest BCUT2D eigenvalue weighted by Gasteiger charge is 2.15. The molecule has 0 saturated carbocycles. The first-order valence-electron chi connectivity index (χ1n) is 6.28.